The summed E-state index contributed by atoms with van der Waals surface area (Å²) < 4.78 is 0. The summed E-state index contributed by atoms with van der Waals surface area (Å²) in [7, 11) is 1.90. The minimum atomic E-state index is 0. The minimum absolute atomic E-state index is 0. The molecule has 0 saturated carbocycles. The molecule has 4 nitrogen and oxygen atoms in total. The van der Waals surface area contributed by atoms with Gasteiger partial charge in [0.1, 0.15) is 0 Å². The Kier molecular flexibility index (Phi) is 8.59. The van der Waals surface area contributed by atoms with Crippen LogP contribution in [0.4, 0.5) is 0 Å². The maximum atomic E-state index is 12.6. The van der Waals surface area contributed by atoms with E-state index in [-0.39, 0.29) is 24.4 Å². The van der Waals surface area contributed by atoms with E-state index in [9.17, 15) is 4.79 Å². The average Bonchev–Trinajstić information content (AvgIpc) is 2.55. The van der Waals surface area contributed by atoms with Crippen molar-refractivity contribution in [3.05, 3.63) is 35.9 Å². The Labute approximate surface area is 146 Å². The second-order valence-corrected chi connectivity index (χ2v) is 6.41. The number of halogens is 1. The van der Waals surface area contributed by atoms with Gasteiger partial charge in [-0.3, -0.25) is 9.69 Å². The fourth-order valence-corrected chi connectivity index (χ4v) is 3.24. The Morgan fingerprint density at radius 1 is 1.39 bits per heavy atom. The Morgan fingerprint density at radius 3 is 2.74 bits per heavy atom. The van der Waals surface area contributed by atoms with E-state index in [1.54, 1.807) is 0 Å². The van der Waals surface area contributed by atoms with Crippen LogP contribution in [-0.2, 0) is 4.79 Å². The lowest BCUT2D eigenvalue weighted by molar-refractivity contribution is -0.133. The number of benzene rings is 1. The van der Waals surface area contributed by atoms with Gasteiger partial charge in [0.25, 0.3) is 0 Å². The van der Waals surface area contributed by atoms with Gasteiger partial charge < -0.3 is 10.6 Å². The molecule has 1 heterocycles. The van der Waals surface area contributed by atoms with Gasteiger partial charge in [-0.2, -0.15) is 0 Å². The van der Waals surface area contributed by atoms with Crippen molar-refractivity contribution in [3.8, 4) is 0 Å². The van der Waals surface area contributed by atoms with Crippen LogP contribution in [0, 0.1) is 5.92 Å². The molecule has 0 spiro atoms. The van der Waals surface area contributed by atoms with Crippen molar-refractivity contribution in [2.24, 2.45) is 11.7 Å². The van der Waals surface area contributed by atoms with Crippen molar-refractivity contribution < 1.29 is 4.79 Å². The van der Waals surface area contributed by atoms with Gasteiger partial charge in [0.15, 0.2) is 0 Å². The average molecular weight is 340 g/mol. The predicted octanol–water partition coefficient (Wildman–Crippen LogP) is 2.69. The van der Waals surface area contributed by atoms with Crippen LogP contribution in [0.15, 0.2) is 30.3 Å². The monoisotopic (exact) mass is 339 g/mol. The summed E-state index contributed by atoms with van der Waals surface area (Å²) in [5.41, 5.74) is 6.84. The van der Waals surface area contributed by atoms with E-state index in [0.29, 0.717) is 12.5 Å². The molecule has 0 aromatic heterocycles. The summed E-state index contributed by atoms with van der Waals surface area (Å²) >= 11 is 0. The highest BCUT2D eigenvalue weighted by molar-refractivity contribution is 5.85. The van der Waals surface area contributed by atoms with Crippen molar-refractivity contribution in [3.63, 3.8) is 0 Å². The highest BCUT2D eigenvalue weighted by Crippen LogP contribution is 2.21. The van der Waals surface area contributed by atoms with Crippen LogP contribution < -0.4 is 5.73 Å². The van der Waals surface area contributed by atoms with Crippen LogP contribution in [0.2, 0.25) is 0 Å². The van der Waals surface area contributed by atoms with Crippen LogP contribution >= 0.6 is 12.4 Å². The van der Waals surface area contributed by atoms with Crippen LogP contribution in [0.3, 0.4) is 0 Å². The number of likely N-dealkylation sites (tertiary alicyclic amines) is 1. The molecule has 1 saturated heterocycles. The van der Waals surface area contributed by atoms with Gasteiger partial charge in [0.05, 0.1) is 12.6 Å². The lowest BCUT2D eigenvalue weighted by atomic mass is 9.95. The number of hydrogen-bond acceptors (Lipinski definition) is 3. The van der Waals surface area contributed by atoms with E-state index < -0.39 is 0 Å². The van der Waals surface area contributed by atoms with Gasteiger partial charge in [-0.15, -0.1) is 12.4 Å². The number of nitrogens with zero attached hydrogens (tertiary/aromatic N) is 2. The topological polar surface area (TPSA) is 49.6 Å². The summed E-state index contributed by atoms with van der Waals surface area (Å²) in [6.07, 6.45) is 3.50. The first-order valence-corrected chi connectivity index (χ1v) is 8.35. The number of likely N-dealkylation sites (N-methyl/N-ethyl adjacent to an activating group) is 1. The maximum Gasteiger partial charge on any atom is 0.236 e. The summed E-state index contributed by atoms with van der Waals surface area (Å²) in [5.74, 6) is 0.855. The van der Waals surface area contributed by atoms with E-state index in [1.807, 2.05) is 30.1 Å². The predicted molar refractivity (Wildman–Crippen MR) is 97.7 cm³/mol. The first kappa shape index (κ1) is 19.9. The first-order chi connectivity index (χ1) is 10.6. The number of nitrogens with two attached hydrogens (primary N) is 1. The molecule has 2 unspecified atom stereocenters. The molecule has 2 N–H and O–H groups in total. The van der Waals surface area contributed by atoms with Gasteiger partial charge >= 0.3 is 0 Å². The quantitative estimate of drug-likeness (QED) is 0.867. The Bertz CT molecular complexity index is 467. The molecule has 1 aromatic rings. The smallest absolute Gasteiger partial charge is 0.236 e. The minimum Gasteiger partial charge on any atom is -0.338 e. The highest BCUT2D eigenvalue weighted by atomic mass is 35.5. The molecule has 2 rings (SSSR count). The zero-order valence-corrected chi connectivity index (χ0v) is 15.1. The van der Waals surface area contributed by atoms with Gasteiger partial charge in [-0.25, -0.2) is 0 Å². The van der Waals surface area contributed by atoms with Crippen molar-refractivity contribution >= 4 is 18.3 Å². The SMILES string of the molecule is CC(c1ccccc1)N(C)C(=O)CN1CCCC(CCN)C1.Cl. The summed E-state index contributed by atoms with van der Waals surface area (Å²) in [6, 6.07) is 10.3. The number of carbonyl (C=O) groups excluding carboxylic acids is 1. The number of amides is 1. The van der Waals surface area contributed by atoms with Gasteiger partial charge in [0.2, 0.25) is 5.91 Å². The lowest BCUT2D eigenvalue weighted by Gasteiger charge is -2.34. The van der Waals surface area contributed by atoms with Crippen molar-refractivity contribution in [2.75, 3.05) is 33.2 Å². The van der Waals surface area contributed by atoms with Gasteiger partial charge in [0, 0.05) is 13.6 Å². The summed E-state index contributed by atoms with van der Waals surface area (Å²) in [4.78, 5) is 16.7. The molecule has 1 fully saturated rings. The van der Waals surface area contributed by atoms with Crippen LogP contribution in [0.25, 0.3) is 0 Å². The number of piperidine rings is 1. The Balaban J connectivity index is 0.00000264. The third-order valence-electron chi connectivity index (χ3n) is 4.79. The van der Waals surface area contributed by atoms with E-state index >= 15 is 0 Å². The number of carbonyl (C=O) groups is 1. The summed E-state index contributed by atoms with van der Waals surface area (Å²) in [5, 5.41) is 0. The third kappa shape index (κ3) is 5.79. The molecular weight excluding hydrogens is 310 g/mol. The van der Waals surface area contributed by atoms with Crippen LogP contribution in [0.1, 0.15) is 37.8 Å². The molecule has 1 amide bonds. The van der Waals surface area contributed by atoms with Crippen LogP contribution in [0.5, 0.6) is 0 Å². The first-order valence-electron chi connectivity index (χ1n) is 8.35. The molecule has 130 valence electrons. The Morgan fingerprint density at radius 2 is 2.09 bits per heavy atom. The third-order valence-corrected chi connectivity index (χ3v) is 4.79. The number of hydrogen-bond donors (Lipinski definition) is 1. The van der Waals surface area contributed by atoms with E-state index in [4.69, 9.17) is 5.73 Å². The van der Waals surface area contributed by atoms with Gasteiger partial charge in [-0.1, -0.05) is 30.3 Å². The van der Waals surface area contributed by atoms with Gasteiger partial charge in [-0.05, 0) is 50.8 Å². The molecule has 5 heteroatoms. The molecule has 0 aliphatic carbocycles. The normalized spacial score (nSPS) is 19.7. The fourth-order valence-electron chi connectivity index (χ4n) is 3.24. The largest absolute Gasteiger partial charge is 0.338 e. The highest BCUT2D eigenvalue weighted by Gasteiger charge is 2.24. The Hall–Kier alpha value is -1.10. The maximum absolute atomic E-state index is 12.6. The molecule has 1 aliphatic rings. The lowest BCUT2D eigenvalue weighted by Crippen LogP contribution is -2.44. The second-order valence-electron chi connectivity index (χ2n) is 6.41. The van der Waals surface area contributed by atoms with E-state index in [0.717, 1.165) is 26.1 Å². The molecule has 0 bridgehead atoms. The van der Waals surface area contributed by atoms with Crippen molar-refractivity contribution in [1.29, 1.82) is 0 Å². The van der Waals surface area contributed by atoms with Crippen molar-refractivity contribution in [1.82, 2.24) is 9.80 Å². The summed E-state index contributed by atoms with van der Waals surface area (Å²) in [6.45, 7) is 5.39. The zero-order chi connectivity index (χ0) is 15.9. The molecule has 2 atom stereocenters. The second kappa shape index (κ2) is 9.91. The molecule has 1 aromatic carbocycles. The molecule has 0 radical (unpaired) electrons. The standard InChI is InChI=1S/C18H29N3O.ClH/c1-15(17-8-4-3-5-9-17)20(2)18(22)14-21-12-6-7-16(13-21)10-11-19;/h3-5,8-9,15-16H,6-7,10-14,19H2,1-2H3;1H. The zero-order valence-electron chi connectivity index (χ0n) is 14.3. The van der Waals surface area contributed by atoms with Crippen LogP contribution in [-0.4, -0.2) is 48.9 Å². The molecular formula is C18H30ClN3O. The molecule has 1 aliphatic heterocycles. The molecule has 23 heavy (non-hydrogen) atoms. The number of rotatable bonds is 6. The van der Waals surface area contributed by atoms with E-state index in [2.05, 4.69) is 24.0 Å². The fraction of sp³-hybridized carbons (Fsp3) is 0.611. The van der Waals surface area contributed by atoms with Crippen molar-refractivity contribution in [2.45, 2.75) is 32.2 Å². The van der Waals surface area contributed by atoms with E-state index in [1.165, 1.54) is 18.4 Å².